The molecule has 0 bridgehead atoms. The maximum absolute atomic E-state index is 11.6. The number of carbonyl (C=O) groups excluding carboxylic acids is 1. The molecule has 0 saturated carbocycles. The highest BCUT2D eigenvalue weighted by molar-refractivity contribution is 7.99. The number of nitrogens with zero attached hydrogens (tertiary/aromatic N) is 2. The van der Waals surface area contributed by atoms with Gasteiger partial charge in [0.05, 0.1) is 12.2 Å². The van der Waals surface area contributed by atoms with Gasteiger partial charge in [-0.05, 0) is 36.5 Å². The topological polar surface area (TPSA) is 66.9 Å². The van der Waals surface area contributed by atoms with Gasteiger partial charge >= 0.3 is 6.03 Å². The first-order valence-electron chi connectivity index (χ1n) is 5.73. The molecule has 1 fully saturated rings. The number of hydrogen-bond donors (Lipinski definition) is 2. The van der Waals surface area contributed by atoms with Crippen LogP contribution in [0.5, 0.6) is 0 Å². The Balaban J connectivity index is 1.70. The standard InChI is InChI=1S/C11H16N4OS/c16-11(14-9-3-6-17-7-4-9)12-8-10-2-1-5-13-15-10/h1-2,5,9H,3-4,6-8H2,(H2,12,14,16). The number of aromatic nitrogens is 2. The first-order valence-corrected chi connectivity index (χ1v) is 6.89. The van der Waals surface area contributed by atoms with E-state index in [9.17, 15) is 4.79 Å². The van der Waals surface area contributed by atoms with E-state index in [0.717, 1.165) is 30.0 Å². The van der Waals surface area contributed by atoms with E-state index in [0.29, 0.717) is 12.6 Å². The van der Waals surface area contributed by atoms with Crippen LogP contribution in [0.3, 0.4) is 0 Å². The zero-order chi connectivity index (χ0) is 11.9. The Labute approximate surface area is 105 Å². The molecule has 0 atom stereocenters. The molecule has 1 aromatic rings. The summed E-state index contributed by atoms with van der Waals surface area (Å²) in [7, 11) is 0. The van der Waals surface area contributed by atoms with Gasteiger partial charge < -0.3 is 10.6 Å². The van der Waals surface area contributed by atoms with E-state index in [1.165, 1.54) is 0 Å². The van der Waals surface area contributed by atoms with Gasteiger partial charge in [0.2, 0.25) is 0 Å². The second kappa shape index (κ2) is 6.44. The fraction of sp³-hybridized carbons (Fsp3) is 0.545. The van der Waals surface area contributed by atoms with Crippen molar-refractivity contribution >= 4 is 17.8 Å². The van der Waals surface area contributed by atoms with Crippen LogP contribution in [0.15, 0.2) is 18.3 Å². The summed E-state index contributed by atoms with van der Waals surface area (Å²) in [6, 6.07) is 3.84. The van der Waals surface area contributed by atoms with Crippen LogP contribution in [-0.2, 0) is 6.54 Å². The van der Waals surface area contributed by atoms with Crippen molar-refractivity contribution in [2.75, 3.05) is 11.5 Å². The highest BCUT2D eigenvalue weighted by Gasteiger charge is 2.15. The molecule has 0 unspecified atom stereocenters. The molecule has 2 amide bonds. The summed E-state index contributed by atoms with van der Waals surface area (Å²) in [4.78, 5) is 11.6. The third-order valence-corrected chi connectivity index (χ3v) is 3.66. The van der Waals surface area contributed by atoms with Gasteiger partial charge in [0.15, 0.2) is 0 Å². The molecule has 0 spiro atoms. The van der Waals surface area contributed by atoms with Crippen LogP contribution in [-0.4, -0.2) is 33.8 Å². The number of nitrogens with one attached hydrogen (secondary N) is 2. The molecule has 92 valence electrons. The molecule has 0 aromatic carbocycles. The smallest absolute Gasteiger partial charge is 0.315 e. The molecule has 1 saturated heterocycles. The lowest BCUT2D eigenvalue weighted by molar-refractivity contribution is 0.235. The highest BCUT2D eigenvalue weighted by Crippen LogP contribution is 2.16. The molecule has 1 aliphatic heterocycles. The lowest BCUT2D eigenvalue weighted by atomic mass is 10.2. The number of amides is 2. The van der Waals surface area contributed by atoms with Crippen molar-refractivity contribution in [3.05, 3.63) is 24.0 Å². The largest absolute Gasteiger partial charge is 0.335 e. The molecule has 0 radical (unpaired) electrons. The monoisotopic (exact) mass is 252 g/mol. The minimum atomic E-state index is -0.118. The summed E-state index contributed by atoms with van der Waals surface area (Å²) in [6.07, 6.45) is 3.73. The second-order valence-electron chi connectivity index (χ2n) is 3.93. The van der Waals surface area contributed by atoms with Crippen LogP contribution in [0.1, 0.15) is 18.5 Å². The van der Waals surface area contributed by atoms with E-state index in [4.69, 9.17) is 0 Å². The minimum Gasteiger partial charge on any atom is -0.335 e. The third-order valence-electron chi connectivity index (χ3n) is 2.61. The Kier molecular flexibility index (Phi) is 4.61. The first kappa shape index (κ1) is 12.2. The van der Waals surface area contributed by atoms with E-state index in [1.807, 2.05) is 17.8 Å². The maximum Gasteiger partial charge on any atom is 0.315 e. The van der Waals surface area contributed by atoms with Crippen LogP contribution in [0, 0.1) is 0 Å². The minimum absolute atomic E-state index is 0.118. The summed E-state index contributed by atoms with van der Waals surface area (Å²) >= 11 is 1.95. The Bertz CT molecular complexity index is 354. The summed E-state index contributed by atoms with van der Waals surface area (Å²) in [5.41, 5.74) is 0.766. The zero-order valence-corrected chi connectivity index (χ0v) is 10.4. The third kappa shape index (κ3) is 4.22. The van der Waals surface area contributed by atoms with Crippen molar-refractivity contribution in [3.8, 4) is 0 Å². The van der Waals surface area contributed by atoms with Gasteiger partial charge in [0, 0.05) is 12.2 Å². The molecular formula is C11H16N4OS. The van der Waals surface area contributed by atoms with Gasteiger partial charge in [0.1, 0.15) is 0 Å². The van der Waals surface area contributed by atoms with Crippen LogP contribution in [0.25, 0.3) is 0 Å². The zero-order valence-electron chi connectivity index (χ0n) is 9.56. The highest BCUT2D eigenvalue weighted by atomic mass is 32.2. The van der Waals surface area contributed by atoms with Crippen LogP contribution >= 0.6 is 11.8 Å². The molecule has 5 nitrogen and oxygen atoms in total. The van der Waals surface area contributed by atoms with E-state index < -0.39 is 0 Å². The molecule has 1 aromatic heterocycles. The fourth-order valence-corrected chi connectivity index (χ4v) is 2.78. The molecular weight excluding hydrogens is 236 g/mol. The van der Waals surface area contributed by atoms with Gasteiger partial charge in [-0.2, -0.15) is 22.0 Å². The Morgan fingerprint density at radius 1 is 1.47 bits per heavy atom. The number of hydrogen-bond acceptors (Lipinski definition) is 4. The molecule has 2 heterocycles. The molecule has 6 heteroatoms. The predicted octanol–water partition coefficient (Wildman–Crippen LogP) is 1.17. The lowest BCUT2D eigenvalue weighted by Crippen LogP contribution is -2.43. The first-order chi connectivity index (χ1) is 8.34. The van der Waals surface area contributed by atoms with Crippen LogP contribution < -0.4 is 10.6 Å². The molecule has 17 heavy (non-hydrogen) atoms. The molecule has 2 rings (SSSR count). The van der Waals surface area contributed by atoms with E-state index >= 15 is 0 Å². The van der Waals surface area contributed by atoms with Crippen molar-refractivity contribution in [3.63, 3.8) is 0 Å². The quantitative estimate of drug-likeness (QED) is 0.847. The summed E-state index contributed by atoms with van der Waals surface area (Å²) in [5, 5.41) is 13.4. The van der Waals surface area contributed by atoms with Crippen molar-refractivity contribution in [2.24, 2.45) is 0 Å². The van der Waals surface area contributed by atoms with Gasteiger partial charge in [-0.25, -0.2) is 4.79 Å². The molecule has 2 N–H and O–H groups in total. The molecule has 0 aliphatic carbocycles. The van der Waals surface area contributed by atoms with Crippen LogP contribution in [0.2, 0.25) is 0 Å². The Morgan fingerprint density at radius 3 is 3.00 bits per heavy atom. The Hall–Kier alpha value is -1.30. The van der Waals surface area contributed by atoms with E-state index in [1.54, 1.807) is 12.3 Å². The number of rotatable bonds is 3. The van der Waals surface area contributed by atoms with Gasteiger partial charge in [-0.1, -0.05) is 0 Å². The summed E-state index contributed by atoms with van der Waals surface area (Å²) in [6.45, 7) is 0.418. The van der Waals surface area contributed by atoms with Crippen molar-refractivity contribution in [1.82, 2.24) is 20.8 Å². The second-order valence-corrected chi connectivity index (χ2v) is 5.15. The van der Waals surface area contributed by atoms with Crippen molar-refractivity contribution in [2.45, 2.75) is 25.4 Å². The summed E-state index contributed by atoms with van der Waals surface area (Å²) in [5.74, 6) is 2.27. The summed E-state index contributed by atoms with van der Waals surface area (Å²) < 4.78 is 0. The van der Waals surface area contributed by atoms with E-state index in [2.05, 4.69) is 20.8 Å². The van der Waals surface area contributed by atoms with Crippen molar-refractivity contribution < 1.29 is 4.79 Å². The normalized spacial score (nSPS) is 16.5. The maximum atomic E-state index is 11.6. The van der Waals surface area contributed by atoms with Gasteiger partial charge in [0.25, 0.3) is 0 Å². The number of carbonyl (C=O) groups is 1. The lowest BCUT2D eigenvalue weighted by Gasteiger charge is -2.22. The predicted molar refractivity (Wildman–Crippen MR) is 67.8 cm³/mol. The fourth-order valence-electron chi connectivity index (χ4n) is 1.68. The Morgan fingerprint density at radius 2 is 2.29 bits per heavy atom. The van der Waals surface area contributed by atoms with Crippen molar-refractivity contribution in [1.29, 1.82) is 0 Å². The SMILES string of the molecule is O=C(NCc1cccnn1)NC1CCSCC1. The van der Waals surface area contributed by atoms with E-state index in [-0.39, 0.29) is 6.03 Å². The average Bonchev–Trinajstić information content (AvgIpc) is 2.39. The van der Waals surface area contributed by atoms with Gasteiger partial charge in [-0.15, -0.1) is 0 Å². The number of thioether (sulfide) groups is 1. The average molecular weight is 252 g/mol. The van der Waals surface area contributed by atoms with Gasteiger partial charge in [-0.3, -0.25) is 0 Å². The number of urea groups is 1. The van der Waals surface area contributed by atoms with Crippen LogP contribution in [0.4, 0.5) is 4.79 Å². The molecule has 1 aliphatic rings.